The van der Waals surface area contributed by atoms with Crippen LogP contribution >= 0.6 is 22.6 Å². The lowest BCUT2D eigenvalue weighted by molar-refractivity contribution is -0.113. The highest BCUT2D eigenvalue weighted by Gasteiger charge is 2.35. The summed E-state index contributed by atoms with van der Waals surface area (Å²) in [7, 11) is 0. The normalized spacial score (nSPS) is 15.1. The number of carbonyl (C=O) groups excluding carboxylic acids is 1. The Morgan fingerprint density at radius 3 is 2.67 bits per heavy atom. The van der Waals surface area contributed by atoms with Crippen molar-refractivity contribution in [3.63, 3.8) is 0 Å². The number of rotatable bonds is 6. The van der Waals surface area contributed by atoms with Gasteiger partial charge in [0.15, 0.2) is 11.6 Å². The number of carbonyl (C=O) groups is 1. The molecule has 1 saturated carbocycles. The SMILES string of the molecule is Cc1cc(I)ccc1Nc1c(C(=O)NOCC2(O)CCC2)ccc(F)c1F. The second-order valence-electron chi connectivity index (χ2n) is 6.67. The zero-order valence-electron chi connectivity index (χ0n) is 14.6. The van der Waals surface area contributed by atoms with Crippen molar-refractivity contribution in [2.24, 2.45) is 0 Å². The molecule has 1 fully saturated rings. The maximum atomic E-state index is 14.4. The maximum absolute atomic E-state index is 14.4. The van der Waals surface area contributed by atoms with E-state index in [-0.39, 0.29) is 17.9 Å². The average molecular weight is 488 g/mol. The van der Waals surface area contributed by atoms with Gasteiger partial charge < -0.3 is 10.4 Å². The third kappa shape index (κ3) is 4.56. The van der Waals surface area contributed by atoms with Crippen molar-refractivity contribution in [2.75, 3.05) is 11.9 Å². The van der Waals surface area contributed by atoms with Gasteiger partial charge in [0, 0.05) is 9.26 Å². The molecule has 0 atom stereocenters. The number of halogens is 3. The van der Waals surface area contributed by atoms with Crippen molar-refractivity contribution in [2.45, 2.75) is 31.8 Å². The van der Waals surface area contributed by atoms with E-state index in [1.807, 2.05) is 19.1 Å². The van der Waals surface area contributed by atoms with Gasteiger partial charge in [-0.15, -0.1) is 0 Å². The van der Waals surface area contributed by atoms with Gasteiger partial charge >= 0.3 is 0 Å². The van der Waals surface area contributed by atoms with Gasteiger partial charge in [-0.1, -0.05) is 0 Å². The van der Waals surface area contributed by atoms with E-state index in [0.29, 0.717) is 18.5 Å². The number of amides is 1. The van der Waals surface area contributed by atoms with Gasteiger partial charge in [-0.2, -0.15) is 0 Å². The van der Waals surface area contributed by atoms with Gasteiger partial charge in [-0.05, 0) is 84.7 Å². The van der Waals surface area contributed by atoms with Crippen LogP contribution in [0.1, 0.15) is 35.2 Å². The molecule has 2 aromatic carbocycles. The van der Waals surface area contributed by atoms with E-state index in [1.54, 1.807) is 6.07 Å². The fraction of sp³-hybridized carbons (Fsp3) is 0.316. The van der Waals surface area contributed by atoms with Crippen LogP contribution in [0.2, 0.25) is 0 Å². The van der Waals surface area contributed by atoms with Gasteiger partial charge in [0.05, 0.1) is 16.9 Å². The summed E-state index contributed by atoms with van der Waals surface area (Å²) in [5, 5.41) is 12.8. The van der Waals surface area contributed by atoms with Gasteiger partial charge in [0.1, 0.15) is 6.61 Å². The highest BCUT2D eigenvalue weighted by Crippen LogP contribution is 2.32. The smallest absolute Gasteiger partial charge is 0.277 e. The molecule has 1 aliphatic carbocycles. The standard InChI is InChI=1S/C19H19F2IN2O3/c1-11-9-12(22)3-6-15(11)23-17-13(4-5-14(20)16(17)21)18(25)24-27-10-19(26)7-2-8-19/h3-6,9,23,26H,2,7-8,10H2,1H3,(H,24,25). The molecule has 5 nitrogen and oxygen atoms in total. The van der Waals surface area contributed by atoms with E-state index in [2.05, 4.69) is 33.4 Å². The molecule has 2 aromatic rings. The van der Waals surface area contributed by atoms with Gasteiger partial charge in [0.25, 0.3) is 5.91 Å². The third-order valence-electron chi connectivity index (χ3n) is 4.58. The fourth-order valence-electron chi connectivity index (χ4n) is 2.78. The number of hydrogen-bond donors (Lipinski definition) is 3. The number of aryl methyl sites for hydroxylation is 1. The topological polar surface area (TPSA) is 70.6 Å². The number of nitrogens with one attached hydrogen (secondary N) is 2. The lowest BCUT2D eigenvalue weighted by Gasteiger charge is -2.35. The van der Waals surface area contributed by atoms with Crippen LogP contribution in [-0.4, -0.2) is 23.2 Å². The molecule has 3 N–H and O–H groups in total. The second-order valence-corrected chi connectivity index (χ2v) is 7.91. The first kappa shape index (κ1) is 20.0. The molecule has 0 aromatic heterocycles. The molecule has 0 spiro atoms. The number of aliphatic hydroxyl groups is 1. The Labute approximate surface area is 169 Å². The Morgan fingerprint density at radius 2 is 2.04 bits per heavy atom. The van der Waals surface area contributed by atoms with Crippen molar-refractivity contribution in [1.29, 1.82) is 0 Å². The molecule has 0 bridgehead atoms. The minimum absolute atomic E-state index is 0.0542. The van der Waals surface area contributed by atoms with Crippen molar-refractivity contribution in [3.8, 4) is 0 Å². The molecule has 1 aliphatic rings. The molecule has 0 heterocycles. The molecule has 0 unspecified atom stereocenters. The van der Waals surface area contributed by atoms with Crippen LogP contribution in [0.5, 0.6) is 0 Å². The minimum Gasteiger partial charge on any atom is -0.387 e. The Morgan fingerprint density at radius 1 is 1.30 bits per heavy atom. The summed E-state index contributed by atoms with van der Waals surface area (Å²) >= 11 is 2.15. The zero-order chi connectivity index (χ0) is 19.6. The molecule has 8 heteroatoms. The van der Waals surface area contributed by atoms with Gasteiger partial charge in [-0.3, -0.25) is 9.63 Å². The van der Waals surface area contributed by atoms with E-state index in [4.69, 9.17) is 4.84 Å². The molecule has 0 radical (unpaired) electrons. The highest BCUT2D eigenvalue weighted by molar-refractivity contribution is 14.1. The monoisotopic (exact) mass is 488 g/mol. The molecule has 0 saturated heterocycles. The van der Waals surface area contributed by atoms with Crippen LogP contribution in [0, 0.1) is 22.1 Å². The molecular weight excluding hydrogens is 469 g/mol. The second kappa shape index (κ2) is 8.07. The van der Waals surface area contributed by atoms with Crippen molar-refractivity contribution in [1.82, 2.24) is 5.48 Å². The maximum Gasteiger partial charge on any atom is 0.277 e. The Balaban J connectivity index is 1.80. The van der Waals surface area contributed by atoms with Gasteiger partial charge in [-0.25, -0.2) is 14.3 Å². The van der Waals surface area contributed by atoms with Crippen LogP contribution in [0.4, 0.5) is 20.2 Å². The molecule has 144 valence electrons. The average Bonchev–Trinajstić information content (AvgIpc) is 2.59. The van der Waals surface area contributed by atoms with Crippen LogP contribution in [0.3, 0.4) is 0 Å². The summed E-state index contributed by atoms with van der Waals surface area (Å²) in [6.07, 6.45) is 2.11. The highest BCUT2D eigenvalue weighted by atomic mass is 127. The van der Waals surface area contributed by atoms with E-state index < -0.39 is 23.1 Å². The predicted molar refractivity (Wildman–Crippen MR) is 106 cm³/mol. The van der Waals surface area contributed by atoms with Crippen molar-refractivity contribution >= 4 is 39.9 Å². The minimum atomic E-state index is -1.15. The lowest BCUT2D eigenvalue weighted by atomic mass is 9.81. The molecule has 3 rings (SSSR count). The van der Waals surface area contributed by atoms with Gasteiger partial charge in [0.2, 0.25) is 0 Å². The summed E-state index contributed by atoms with van der Waals surface area (Å²) in [5.74, 6) is -2.96. The van der Waals surface area contributed by atoms with Crippen LogP contribution in [-0.2, 0) is 4.84 Å². The Kier molecular flexibility index (Phi) is 5.97. The Hall–Kier alpha value is -1.78. The largest absolute Gasteiger partial charge is 0.387 e. The van der Waals surface area contributed by atoms with E-state index in [9.17, 15) is 18.7 Å². The first-order valence-corrected chi connectivity index (χ1v) is 9.53. The van der Waals surface area contributed by atoms with Crippen LogP contribution in [0.15, 0.2) is 30.3 Å². The molecule has 27 heavy (non-hydrogen) atoms. The first-order valence-electron chi connectivity index (χ1n) is 8.45. The zero-order valence-corrected chi connectivity index (χ0v) is 16.8. The summed E-state index contributed by atoms with van der Waals surface area (Å²) in [5.41, 5.74) is 2.26. The quantitative estimate of drug-likeness (QED) is 0.421. The third-order valence-corrected chi connectivity index (χ3v) is 5.25. The summed E-state index contributed by atoms with van der Waals surface area (Å²) in [6.45, 7) is 1.77. The number of anilines is 2. The van der Waals surface area contributed by atoms with Crippen LogP contribution < -0.4 is 10.8 Å². The lowest BCUT2D eigenvalue weighted by Crippen LogP contribution is -2.44. The van der Waals surface area contributed by atoms with Crippen molar-refractivity contribution < 1.29 is 23.5 Å². The van der Waals surface area contributed by atoms with E-state index in [1.165, 1.54) is 6.07 Å². The van der Waals surface area contributed by atoms with Crippen LogP contribution in [0.25, 0.3) is 0 Å². The fourth-order valence-corrected chi connectivity index (χ4v) is 3.43. The predicted octanol–water partition coefficient (Wildman–Crippen LogP) is 4.20. The number of benzene rings is 2. The molecule has 0 aliphatic heterocycles. The first-order chi connectivity index (χ1) is 12.8. The summed E-state index contributed by atoms with van der Waals surface area (Å²) in [4.78, 5) is 17.5. The summed E-state index contributed by atoms with van der Waals surface area (Å²) in [6, 6.07) is 7.48. The molecular formula is C19H19F2IN2O3. The van der Waals surface area contributed by atoms with E-state index >= 15 is 0 Å². The van der Waals surface area contributed by atoms with E-state index in [0.717, 1.165) is 21.6 Å². The van der Waals surface area contributed by atoms with Crippen molar-refractivity contribution in [3.05, 3.63) is 56.7 Å². The number of hydrogen-bond acceptors (Lipinski definition) is 4. The number of hydroxylamine groups is 1. The summed E-state index contributed by atoms with van der Waals surface area (Å²) < 4.78 is 29.1. The Bertz CT molecular complexity index is 872. The molecule has 1 amide bonds.